The van der Waals surface area contributed by atoms with E-state index in [0.717, 1.165) is 36.1 Å². The number of aldehydes is 1. The van der Waals surface area contributed by atoms with Gasteiger partial charge in [-0.2, -0.15) is 13.2 Å². The lowest BCUT2D eigenvalue weighted by atomic mass is 10.1. The molecule has 4 nitrogen and oxygen atoms in total. The van der Waals surface area contributed by atoms with E-state index in [4.69, 9.17) is 11.6 Å². The highest BCUT2D eigenvalue weighted by molar-refractivity contribution is 8.00. The zero-order valence-corrected chi connectivity index (χ0v) is 17.5. The summed E-state index contributed by atoms with van der Waals surface area (Å²) in [5, 5.41) is -0.424. The largest absolute Gasteiger partial charge is 0.431 e. The molecule has 0 spiro atoms. The maximum atomic E-state index is 14.6. The van der Waals surface area contributed by atoms with E-state index in [1.54, 1.807) is 0 Å². The molecule has 0 aliphatic carbocycles. The molecule has 158 valence electrons. The van der Waals surface area contributed by atoms with E-state index < -0.39 is 29.0 Å². The number of carbonyl (C=O) groups excluding carboxylic acids is 2. The maximum Gasteiger partial charge on any atom is 0.431 e. The fourth-order valence-electron chi connectivity index (χ4n) is 2.76. The van der Waals surface area contributed by atoms with Crippen molar-refractivity contribution in [3.63, 3.8) is 0 Å². The van der Waals surface area contributed by atoms with Crippen molar-refractivity contribution in [2.45, 2.75) is 36.6 Å². The van der Waals surface area contributed by atoms with Crippen LogP contribution in [-0.4, -0.2) is 35.7 Å². The van der Waals surface area contributed by atoms with Crippen LogP contribution in [-0.2, 0) is 4.79 Å². The highest BCUT2D eigenvalue weighted by Gasteiger charge is 2.43. The van der Waals surface area contributed by atoms with Crippen LogP contribution in [0.25, 0.3) is 0 Å². The molecule has 0 saturated carbocycles. The quantitative estimate of drug-likeness (QED) is 0.302. The number of benzene rings is 1. The van der Waals surface area contributed by atoms with Gasteiger partial charge in [-0.05, 0) is 30.5 Å². The molecule has 0 aromatic heterocycles. The van der Waals surface area contributed by atoms with Crippen LogP contribution in [0.3, 0.4) is 0 Å². The molecule has 29 heavy (non-hydrogen) atoms. The van der Waals surface area contributed by atoms with Crippen molar-refractivity contribution in [3.8, 4) is 0 Å². The monoisotopic (exact) mass is 450 g/mol. The lowest BCUT2D eigenvalue weighted by Gasteiger charge is -2.35. The molecular formula is C19H19ClF4N2O2S. The number of hydrogen-bond acceptors (Lipinski definition) is 3. The SMILES string of the molecule is C=C1C=C(C(F)(F)F)N(C)C(=O)N1c1cc(SC(C=O)CC(C)C)c(Cl)cc1F. The number of alkyl halides is 3. The van der Waals surface area contributed by atoms with Crippen LogP contribution in [0.15, 0.2) is 41.1 Å². The van der Waals surface area contributed by atoms with Crippen molar-refractivity contribution < 1.29 is 27.2 Å². The minimum absolute atomic E-state index is 0.0294. The number of halogens is 5. The Morgan fingerprint density at radius 2 is 1.93 bits per heavy atom. The van der Waals surface area contributed by atoms with E-state index in [-0.39, 0.29) is 22.3 Å². The lowest BCUT2D eigenvalue weighted by Crippen LogP contribution is -2.46. The van der Waals surface area contributed by atoms with Crippen LogP contribution in [0.1, 0.15) is 20.3 Å². The molecule has 1 unspecified atom stereocenters. The van der Waals surface area contributed by atoms with Gasteiger partial charge in [0, 0.05) is 17.6 Å². The fourth-order valence-corrected chi connectivity index (χ4v) is 4.26. The predicted octanol–water partition coefficient (Wildman–Crippen LogP) is 6.02. The van der Waals surface area contributed by atoms with Gasteiger partial charge in [-0.3, -0.25) is 9.80 Å². The van der Waals surface area contributed by atoms with Gasteiger partial charge < -0.3 is 4.79 Å². The number of nitrogens with zero attached hydrogens (tertiary/aromatic N) is 2. The smallest absolute Gasteiger partial charge is 0.302 e. The summed E-state index contributed by atoms with van der Waals surface area (Å²) in [5.41, 5.74) is -1.84. The lowest BCUT2D eigenvalue weighted by molar-refractivity contribution is -0.107. The molecule has 0 radical (unpaired) electrons. The first-order chi connectivity index (χ1) is 13.4. The van der Waals surface area contributed by atoms with Crippen LogP contribution in [0.2, 0.25) is 5.02 Å². The second-order valence-electron chi connectivity index (χ2n) is 6.85. The van der Waals surface area contributed by atoms with Crippen molar-refractivity contribution in [3.05, 3.63) is 47.0 Å². The van der Waals surface area contributed by atoms with Gasteiger partial charge in [-0.1, -0.05) is 32.0 Å². The summed E-state index contributed by atoms with van der Waals surface area (Å²) in [6.07, 6.45) is -2.81. The Morgan fingerprint density at radius 1 is 1.31 bits per heavy atom. The second-order valence-corrected chi connectivity index (χ2v) is 8.54. The van der Waals surface area contributed by atoms with Gasteiger partial charge in [-0.15, -0.1) is 11.8 Å². The van der Waals surface area contributed by atoms with Crippen molar-refractivity contribution >= 4 is 41.4 Å². The van der Waals surface area contributed by atoms with E-state index in [9.17, 15) is 27.2 Å². The summed E-state index contributed by atoms with van der Waals surface area (Å²) in [5.74, 6) is -0.683. The summed E-state index contributed by atoms with van der Waals surface area (Å²) in [4.78, 5) is 25.3. The third kappa shape index (κ3) is 5.14. The third-order valence-electron chi connectivity index (χ3n) is 4.10. The number of hydrogen-bond donors (Lipinski definition) is 0. The average molecular weight is 451 g/mol. The number of amides is 2. The third-order valence-corrected chi connectivity index (χ3v) is 5.72. The highest BCUT2D eigenvalue weighted by Crippen LogP contribution is 2.40. The Hall–Kier alpha value is -2.00. The van der Waals surface area contributed by atoms with Crippen LogP contribution < -0.4 is 4.90 Å². The standard InChI is InChI=1S/C19H19ClF4N2O2S/c1-10(2)5-12(9-27)29-16-8-15(14(21)7-13(16)20)26-11(3)6-17(19(22,23)24)25(4)18(26)28/h6-10,12H,3,5H2,1-2,4H3. The number of carbonyl (C=O) groups is 2. The normalized spacial score (nSPS) is 16.4. The molecular weight excluding hydrogens is 432 g/mol. The second kappa shape index (κ2) is 8.79. The number of allylic oxidation sites excluding steroid dienone is 2. The van der Waals surface area contributed by atoms with Crippen molar-refractivity contribution in [2.24, 2.45) is 5.92 Å². The average Bonchev–Trinajstić information content (AvgIpc) is 2.59. The van der Waals surface area contributed by atoms with Gasteiger partial charge >= 0.3 is 12.2 Å². The predicted molar refractivity (Wildman–Crippen MR) is 105 cm³/mol. The zero-order valence-electron chi connectivity index (χ0n) is 15.9. The Balaban J connectivity index is 2.47. The Bertz CT molecular complexity index is 871. The molecule has 1 heterocycles. The molecule has 1 aromatic rings. The van der Waals surface area contributed by atoms with Crippen molar-refractivity contribution in [2.75, 3.05) is 11.9 Å². The van der Waals surface area contributed by atoms with Gasteiger partial charge in [0.05, 0.1) is 16.0 Å². The Labute approximate surface area is 175 Å². The zero-order chi connectivity index (χ0) is 22.1. The first-order valence-corrected chi connectivity index (χ1v) is 9.79. The molecule has 0 N–H and O–H groups in total. The molecule has 10 heteroatoms. The fraction of sp³-hybridized carbons (Fsp3) is 0.368. The van der Waals surface area contributed by atoms with Gasteiger partial charge in [0.15, 0.2) is 0 Å². The first kappa shape index (κ1) is 23.3. The topological polar surface area (TPSA) is 40.6 Å². The van der Waals surface area contributed by atoms with Crippen LogP contribution >= 0.6 is 23.4 Å². The summed E-state index contributed by atoms with van der Waals surface area (Å²) in [6, 6.07) is 1.08. The molecule has 0 saturated heterocycles. The summed E-state index contributed by atoms with van der Waals surface area (Å²) in [7, 11) is 0.940. The van der Waals surface area contributed by atoms with E-state index >= 15 is 0 Å². The highest BCUT2D eigenvalue weighted by atomic mass is 35.5. The molecule has 2 rings (SSSR count). The summed E-state index contributed by atoms with van der Waals surface area (Å²) < 4.78 is 53.9. The van der Waals surface area contributed by atoms with E-state index in [1.165, 1.54) is 6.07 Å². The van der Waals surface area contributed by atoms with E-state index in [2.05, 4.69) is 6.58 Å². The number of anilines is 1. The minimum atomic E-state index is -4.77. The van der Waals surface area contributed by atoms with E-state index in [0.29, 0.717) is 22.3 Å². The Kier molecular flexibility index (Phi) is 7.06. The molecule has 1 atom stereocenters. The van der Waals surface area contributed by atoms with Gasteiger partial charge in [0.1, 0.15) is 17.8 Å². The Morgan fingerprint density at radius 3 is 2.45 bits per heavy atom. The molecule has 0 bridgehead atoms. The molecule has 0 fully saturated rings. The summed E-state index contributed by atoms with van der Waals surface area (Å²) >= 11 is 7.18. The summed E-state index contributed by atoms with van der Waals surface area (Å²) in [6.45, 7) is 7.34. The van der Waals surface area contributed by atoms with Gasteiger partial charge in [-0.25, -0.2) is 9.18 Å². The minimum Gasteiger partial charge on any atom is -0.302 e. The van der Waals surface area contributed by atoms with Crippen LogP contribution in [0.5, 0.6) is 0 Å². The molecule has 1 aromatic carbocycles. The van der Waals surface area contributed by atoms with Gasteiger partial charge in [0.25, 0.3) is 0 Å². The molecule has 1 aliphatic rings. The maximum absolute atomic E-state index is 14.6. The van der Waals surface area contributed by atoms with Crippen molar-refractivity contribution in [1.82, 2.24) is 4.90 Å². The van der Waals surface area contributed by atoms with Gasteiger partial charge in [0.2, 0.25) is 0 Å². The molecule has 2 amide bonds. The van der Waals surface area contributed by atoms with Crippen LogP contribution in [0, 0.1) is 11.7 Å². The van der Waals surface area contributed by atoms with Crippen molar-refractivity contribution in [1.29, 1.82) is 0 Å². The number of rotatable bonds is 6. The van der Waals surface area contributed by atoms with Crippen LogP contribution in [0.4, 0.5) is 28.0 Å². The van der Waals surface area contributed by atoms with E-state index in [1.807, 2.05) is 13.8 Å². The number of thioether (sulfide) groups is 1. The first-order valence-electron chi connectivity index (χ1n) is 8.53. The number of urea groups is 1. The molecule has 1 aliphatic heterocycles.